The summed E-state index contributed by atoms with van der Waals surface area (Å²) in [6.07, 6.45) is 2.73. The first-order valence-corrected chi connectivity index (χ1v) is 8.79. The normalized spacial score (nSPS) is 11.0. The largest absolute Gasteiger partial charge is 0.493 e. The number of methoxy groups -OCH3 is 2. The highest BCUT2D eigenvalue weighted by molar-refractivity contribution is 7.19. The molecule has 3 aromatic rings. The topological polar surface area (TPSA) is 89.9 Å². The third kappa shape index (κ3) is 4.75. The Bertz CT molecular complexity index is 983. The number of benzene rings is 2. The van der Waals surface area contributed by atoms with E-state index in [4.69, 9.17) is 19.3 Å². The number of aromatic nitrogens is 1. The second kappa shape index (κ2) is 8.52. The molecule has 0 saturated carbocycles. The number of carboxylic acid groups (broad SMARTS) is 1. The number of nitrogens with one attached hydrogen (secondary N) is 1. The van der Waals surface area contributed by atoms with Crippen LogP contribution in [-0.4, -0.2) is 37.2 Å². The summed E-state index contributed by atoms with van der Waals surface area (Å²) in [5, 5.41) is 11.9. The summed E-state index contributed by atoms with van der Waals surface area (Å²) in [5.74, 6) is 1.22. The Morgan fingerprint density at radius 2 is 2.04 bits per heavy atom. The molecule has 0 bridgehead atoms. The Morgan fingerprint density at radius 1 is 1.19 bits per heavy atom. The molecule has 1 heterocycles. The number of rotatable bonds is 7. The van der Waals surface area contributed by atoms with Gasteiger partial charge in [0, 0.05) is 12.8 Å². The molecular formula is C19H18N2O5S. The van der Waals surface area contributed by atoms with E-state index in [9.17, 15) is 4.79 Å². The lowest BCUT2D eigenvalue weighted by molar-refractivity contribution is 0.0491. The maximum Gasteiger partial charge on any atom is 0.409 e. The number of hydrogen-bond acceptors (Lipinski definition) is 6. The number of ether oxygens (including phenoxy) is 3. The molecule has 2 aromatic carbocycles. The third-order valence-electron chi connectivity index (χ3n) is 3.59. The predicted octanol–water partition coefficient (Wildman–Crippen LogP) is 4.55. The first-order chi connectivity index (χ1) is 13.1. The van der Waals surface area contributed by atoms with Crippen molar-refractivity contribution in [2.24, 2.45) is 0 Å². The van der Waals surface area contributed by atoms with Crippen LogP contribution in [0.4, 0.5) is 10.5 Å². The molecule has 3 rings (SSSR count). The highest BCUT2D eigenvalue weighted by Crippen LogP contribution is 2.30. The lowest BCUT2D eigenvalue weighted by Crippen LogP contribution is -2.06. The molecule has 0 aliphatic rings. The van der Waals surface area contributed by atoms with E-state index in [2.05, 4.69) is 10.3 Å². The number of anilines is 1. The van der Waals surface area contributed by atoms with Gasteiger partial charge >= 0.3 is 6.09 Å². The van der Waals surface area contributed by atoms with Gasteiger partial charge in [0.25, 0.3) is 0 Å². The number of thiazole rings is 1. The summed E-state index contributed by atoms with van der Waals surface area (Å²) in [5.41, 5.74) is 2.17. The van der Waals surface area contributed by atoms with Crippen molar-refractivity contribution in [2.75, 3.05) is 26.3 Å². The minimum atomic E-state index is -1.10. The SMILES string of the molecule is COCOc1ccc(/C=C/c2nc3cc(NC(=O)O)ccc3s2)cc1OC. The van der Waals surface area contributed by atoms with Crippen molar-refractivity contribution in [3.63, 3.8) is 0 Å². The second-order valence-electron chi connectivity index (χ2n) is 5.46. The Balaban J connectivity index is 1.79. The predicted molar refractivity (Wildman–Crippen MR) is 106 cm³/mol. The summed E-state index contributed by atoms with van der Waals surface area (Å²) in [4.78, 5) is 15.3. The fourth-order valence-electron chi connectivity index (χ4n) is 2.41. The fourth-order valence-corrected chi connectivity index (χ4v) is 3.27. The van der Waals surface area contributed by atoms with Crippen LogP contribution >= 0.6 is 11.3 Å². The van der Waals surface area contributed by atoms with Crippen LogP contribution in [0.5, 0.6) is 11.5 Å². The summed E-state index contributed by atoms with van der Waals surface area (Å²) in [6.45, 7) is 0.149. The maximum absolute atomic E-state index is 10.7. The van der Waals surface area contributed by atoms with Crippen molar-refractivity contribution in [3.05, 3.63) is 47.0 Å². The van der Waals surface area contributed by atoms with E-state index in [1.54, 1.807) is 26.4 Å². The molecule has 0 aliphatic heterocycles. The van der Waals surface area contributed by atoms with Crippen LogP contribution in [0.25, 0.3) is 22.4 Å². The molecule has 8 heteroatoms. The van der Waals surface area contributed by atoms with E-state index >= 15 is 0 Å². The van der Waals surface area contributed by atoms with Crippen molar-refractivity contribution in [1.29, 1.82) is 0 Å². The zero-order valence-corrected chi connectivity index (χ0v) is 15.6. The van der Waals surface area contributed by atoms with Gasteiger partial charge in [-0.2, -0.15) is 0 Å². The molecule has 2 N–H and O–H groups in total. The molecule has 1 amide bonds. The Labute approximate surface area is 159 Å². The molecule has 0 spiro atoms. The molecule has 0 atom stereocenters. The van der Waals surface area contributed by atoms with Crippen molar-refractivity contribution < 1.29 is 24.1 Å². The molecule has 0 aliphatic carbocycles. The molecule has 7 nitrogen and oxygen atoms in total. The van der Waals surface area contributed by atoms with E-state index in [0.717, 1.165) is 20.8 Å². The zero-order chi connectivity index (χ0) is 19.2. The second-order valence-corrected chi connectivity index (χ2v) is 6.52. The van der Waals surface area contributed by atoms with Crippen molar-refractivity contribution in [3.8, 4) is 11.5 Å². The van der Waals surface area contributed by atoms with E-state index in [-0.39, 0.29) is 6.79 Å². The first kappa shape index (κ1) is 18.7. The summed E-state index contributed by atoms with van der Waals surface area (Å²) < 4.78 is 16.7. The van der Waals surface area contributed by atoms with Crippen LogP contribution in [0.15, 0.2) is 36.4 Å². The Hall–Kier alpha value is -3.10. The average molecular weight is 386 g/mol. The van der Waals surface area contributed by atoms with Gasteiger partial charge in [0.05, 0.1) is 17.3 Å². The van der Waals surface area contributed by atoms with E-state index in [1.807, 2.05) is 36.4 Å². The van der Waals surface area contributed by atoms with Gasteiger partial charge in [0.15, 0.2) is 18.3 Å². The highest BCUT2D eigenvalue weighted by atomic mass is 32.1. The standard InChI is InChI=1S/C19H18N2O5S/c1-24-11-26-15-6-3-12(9-16(15)25-2)4-8-18-21-14-10-13(20-19(22)23)5-7-17(14)27-18/h3-10,20H,11H2,1-2H3,(H,22,23)/b8-4+. The zero-order valence-electron chi connectivity index (χ0n) is 14.8. The van der Waals surface area contributed by atoms with Gasteiger partial charge in [0.1, 0.15) is 5.01 Å². The van der Waals surface area contributed by atoms with Crippen molar-refractivity contribution >= 4 is 45.5 Å². The summed E-state index contributed by atoms with van der Waals surface area (Å²) in [7, 11) is 3.14. The molecule has 0 radical (unpaired) electrons. The van der Waals surface area contributed by atoms with Gasteiger partial charge in [-0.15, -0.1) is 11.3 Å². The number of fused-ring (bicyclic) bond motifs is 1. The molecule has 0 fully saturated rings. The van der Waals surface area contributed by atoms with Crippen molar-refractivity contribution in [2.45, 2.75) is 0 Å². The number of amides is 1. The van der Waals surface area contributed by atoms with Crippen LogP contribution in [0.3, 0.4) is 0 Å². The summed E-state index contributed by atoms with van der Waals surface area (Å²) >= 11 is 1.52. The quantitative estimate of drug-likeness (QED) is 0.579. The molecule has 0 saturated heterocycles. The van der Waals surface area contributed by atoms with Gasteiger partial charge in [-0.3, -0.25) is 5.32 Å². The van der Waals surface area contributed by atoms with Gasteiger partial charge in [-0.1, -0.05) is 12.1 Å². The van der Waals surface area contributed by atoms with Crippen LogP contribution in [-0.2, 0) is 4.74 Å². The minimum Gasteiger partial charge on any atom is -0.493 e. The molecule has 27 heavy (non-hydrogen) atoms. The number of hydrogen-bond donors (Lipinski definition) is 2. The van der Waals surface area contributed by atoms with Gasteiger partial charge in [-0.25, -0.2) is 9.78 Å². The Kier molecular flexibility index (Phi) is 5.90. The monoisotopic (exact) mass is 386 g/mol. The molecule has 140 valence electrons. The Morgan fingerprint density at radius 3 is 2.78 bits per heavy atom. The highest BCUT2D eigenvalue weighted by Gasteiger charge is 2.06. The van der Waals surface area contributed by atoms with Gasteiger partial charge < -0.3 is 19.3 Å². The molecule has 0 unspecified atom stereocenters. The van der Waals surface area contributed by atoms with Crippen molar-refractivity contribution in [1.82, 2.24) is 4.98 Å². The summed E-state index contributed by atoms with van der Waals surface area (Å²) in [6, 6.07) is 10.9. The number of nitrogens with zero attached hydrogens (tertiary/aromatic N) is 1. The minimum absolute atomic E-state index is 0.149. The van der Waals surface area contributed by atoms with E-state index < -0.39 is 6.09 Å². The molecule has 1 aromatic heterocycles. The van der Waals surface area contributed by atoms with Crippen LogP contribution in [0, 0.1) is 0 Å². The van der Waals surface area contributed by atoms with Gasteiger partial charge in [-0.05, 0) is 42.0 Å². The lowest BCUT2D eigenvalue weighted by Gasteiger charge is -2.10. The van der Waals surface area contributed by atoms with Gasteiger partial charge in [0.2, 0.25) is 0 Å². The third-order valence-corrected chi connectivity index (χ3v) is 4.60. The van der Waals surface area contributed by atoms with Crippen LogP contribution < -0.4 is 14.8 Å². The lowest BCUT2D eigenvalue weighted by atomic mass is 10.2. The number of carbonyl (C=O) groups is 1. The maximum atomic E-state index is 10.7. The smallest absolute Gasteiger partial charge is 0.409 e. The van der Waals surface area contributed by atoms with Crippen LogP contribution in [0.2, 0.25) is 0 Å². The first-order valence-electron chi connectivity index (χ1n) is 7.97. The van der Waals surface area contributed by atoms with E-state index in [1.165, 1.54) is 11.3 Å². The fraction of sp³-hybridized carbons (Fsp3) is 0.158. The van der Waals surface area contributed by atoms with E-state index in [0.29, 0.717) is 17.2 Å². The molecular weight excluding hydrogens is 368 g/mol. The average Bonchev–Trinajstić information content (AvgIpc) is 3.06. The van der Waals surface area contributed by atoms with Crippen LogP contribution in [0.1, 0.15) is 10.6 Å².